The van der Waals surface area contributed by atoms with Crippen LogP contribution in [-0.2, 0) is 16.0 Å². The maximum absolute atomic E-state index is 12.1. The molecule has 3 aromatic rings. The molecule has 0 radical (unpaired) electrons. The van der Waals surface area contributed by atoms with Crippen molar-refractivity contribution in [3.8, 4) is 5.75 Å². The highest BCUT2D eigenvalue weighted by Gasteiger charge is 2.21. The van der Waals surface area contributed by atoms with Crippen LogP contribution in [0.15, 0.2) is 91.0 Å². The average Bonchev–Trinajstić information content (AvgIpc) is 3.17. The van der Waals surface area contributed by atoms with E-state index in [2.05, 4.69) is 5.32 Å². The monoisotopic (exact) mass is 423 g/mol. The average molecular weight is 423 g/mol. The van der Waals surface area contributed by atoms with Crippen LogP contribution in [0.1, 0.15) is 27.0 Å². The van der Waals surface area contributed by atoms with Crippen LogP contribution in [0.25, 0.3) is 11.6 Å². The van der Waals surface area contributed by atoms with Gasteiger partial charge < -0.3 is 4.74 Å². The highest BCUT2D eigenvalue weighted by Crippen LogP contribution is 2.21. The lowest BCUT2D eigenvalue weighted by Gasteiger charge is -2.08. The lowest BCUT2D eigenvalue weighted by Crippen LogP contribution is -2.21. The molecule has 5 nitrogen and oxygen atoms in total. The minimum absolute atomic E-state index is 0.0226. The Morgan fingerprint density at radius 3 is 2.25 bits per heavy atom. The maximum Gasteiger partial charge on any atom is 0.258 e. The van der Waals surface area contributed by atoms with E-state index in [0.717, 1.165) is 17.5 Å². The quantitative estimate of drug-likeness (QED) is 0.334. The summed E-state index contributed by atoms with van der Waals surface area (Å²) in [5.74, 6) is -0.107. The first kappa shape index (κ1) is 21.0. The van der Waals surface area contributed by atoms with Crippen LogP contribution in [0.4, 0.5) is 0 Å². The van der Waals surface area contributed by atoms with Gasteiger partial charge in [0.1, 0.15) is 5.75 Å². The van der Waals surface area contributed by atoms with E-state index in [-0.39, 0.29) is 11.7 Å². The molecule has 3 aromatic carbocycles. The van der Waals surface area contributed by atoms with Crippen LogP contribution in [0.3, 0.4) is 0 Å². The Morgan fingerprint density at radius 1 is 0.875 bits per heavy atom. The van der Waals surface area contributed by atoms with Crippen LogP contribution in [0.2, 0.25) is 0 Å². The van der Waals surface area contributed by atoms with Crippen LogP contribution in [0, 0.1) is 0 Å². The van der Waals surface area contributed by atoms with Crippen molar-refractivity contribution >= 4 is 29.2 Å². The molecular weight excluding hydrogens is 402 g/mol. The predicted molar refractivity (Wildman–Crippen MR) is 123 cm³/mol. The highest BCUT2D eigenvalue weighted by atomic mass is 16.5. The lowest BCUT2D eigenvalue weighted by atomic mass is 10.1. The van der Waals surface area contributed by atoms with Gasteiger partial charge in [0, 0.05) is 18.1 Å². The zero-order chi connectivity index (χ0) is 22.3. The topological polar surface area (TPSA) is 72.5 Å². The summed E-state index contributed by atoms with van der Waals surface area (Å²) in [5, 5.41) is 2.23. The molecule has 158 valence electrons. The second kappa shape index (κ2) is 9.71. The summed E-state index contributed by atoms with van der Waals surface area (Å²) in [6.45, 7) is 0.503. The predicted octanol–water partition coefficient (Wildman–Crippen LogP) is 4.24. The summed E-state index contributed by atoms with van der Waals surface area (Å²) in [5.41, 5.74) is 3.79. The fourth-order valence-corrected chi connectivity index (χ4v) is 3.31. The minimum Gasteiger partial charge on any atom is -0.493 e. The van der Waals surface area contributed by atoms with Crippen molar-refractivity contribution in [3.63, 3.8) is 0 Å². The molecule has 1 heterocycles. The molecule has 1 aliphatic heterocycles. The van der Waals surface area contributed by atoms with Gasteiger partial charge in [0.2, 0.25) is 0 Å². The number of carbonyl (C=O) groups excluding carboxylic acids is 3. The van der Waals surface area contributed by atoms with Gasteiger partial charge >= 0.3 is 0 Å². The number of carbonyl (C=O) groups is 3. The fourth-order valence-electron chi connectivity index (χ4n) is 3.31. The molecule has 0 saturated heterocycles. The van der Waals surface area contributed by atoms with Gasteiger partial charge in [0.15, 0.2) is 5.78 Å². The van der Waals surface area contributed by atoms with Gasteiger partial charge in [-0.3, -0.25) is 19.7 Å². The molecule has 0 aromatic heterocycles. The molecule has 1 N–H and O–H groups in total. The van der Waals surface area contributed by atoms with E-state index in [9.17, 15) is 14.4 Å². The summed E-state index contributed by atoms with van der Waals surface area (Å²) < 4.78 is 5.79. The van der Waals surface area contributed by atoms with Crippen LogP contribution in [0.5, 0.6) is 5.75 Å². The first-order chi connectivity index (χ1) is 15.6. The van der Waals surface area contributed by atoms with Crippen LogP contribution >= 0.6 is 0 Å². The summed E-state index contributed by atoms with van der Waals surface area (Å²) >= 11 is 0. The van der Waals surface area contributed by atoms with Crippen molar-refractivity contribution in [2.75, 3.05) is 6.61 Å². The number of nitrogens with one attached hydrogen (secondary N) is 1. The number of hydrogen-bond donors (Lipinski definition) is 1. The first-order valence-corrected chi connectivity index (χ1v) is 10.3. The Bertz CT molecular complexity index is 1190. The van der Waals surface area contributed by atoms with Gasteiger partial charge in [-0.1, -0.05) is 72.8 Å². The molecule has 1 aliphatic rings. The molecule has 0 spiro atoms. The van der Waals surface area contributed by atoms with Gasteiger partial charge in [0.25, 0.3) is 11.8 Å². The van der Waals surface area contributed by atoms with Crippen molar-refractivity contribution < 1.29 is 19.1 Å². The summed E-state index contributed by atoms with van der Waals surface area (Å²) in [7, 11) is 0. The second-order valence-corrected chi connectivity index (χ2v) is 7.30. The Kier molecular flexibility index (Phi) is 6.37. The van der Waals surface area contributed by atoms with Gasteiger partial charge in [0.05, 0.1) is 12.2 Å². The highest BCUT2D eigenvalue weighted by molar-refractivity contribution is 6.33. The molecule has 4 rings (SSSR count). The molecule has 0 bridgehead atoms. The summed E-state index contributed by atoms with van der Waals surface area (Å²) in [6.07, 6.45) is 5.43. The molecular formula is C27H21NO4. The van der Waals surface area contributed by atoms with Crippen LogP contribution < -0.4 is 10.1 Å². The SMILES string of the molecule is O=C1C=C(c2ccc(OCCc3ccc(C=CC(=O)c4ccccc4)cc3)cc2)C(=O)N1. The molecule has 5 heteroatoms. The van der Waals surface area contributed by atoms with E-state index >= 15 is 0 Å². The van der Waals surface area contributed by atoms with Crippen molar-refractivity contribution in [3.05, 3.63) is 113 Å². The third kappa shape index (κ3) is 5.26. The molecule has 0 unspecified atom stereocenters. The van der Waals surface area contributed by atoms with E-state index in [4.69, 9.17) is 4.74 Å². The molecule has 0 atom stereocenters. The Balaban J connectivity index is 1.27. The van der Waals surface area contributed by atoms with Crippen molar-refractivity contribution in [2.45, 2.75) is 6.42 Å². The van der Waals surface area contributed by atoms with Crippen molar-refractivity contribution in [1.29, 1.82) is 0 Å². The normalized spacial score (nSPS) is 13.2. The second-order valence-electron chi connectivity index (χ2n) is 7.30. The lowest BCUT2D eigenvalue weighted by molar-refractivity contribution is -0.123. The smallest absolute Gasteiger partial charge is 0.258 e. The number of ketones is 1. The van der Waals surface area contributed by atoms with E-state index in [1.165, 1.54) is 6.08 Å². The van der Waals surface area contributed by atoms with Gasteiger partial charge in [-0.25, -0.2) is 0 Å². The van der Waals surface area contributed by atoms with Gasteiger partial charge in [-0.2, -0.15) is 0 Å². The number of hydrogen-bond acceptors (Lipinski definition) is 4. The Hall–Kier alpha value is -4.25. The third-order valence-electron chi connectivity index (χ3n) is 5.05. The van der Waals surface area contributed by atoms with E-state index in [1.807, 2.05) is 48.5 Å². The van der Waals surface area contributed by atoms with E-state index < -0.39 is 5.91 Å². The van der Waals surface area contributed by atoms with Crippen molar-refractivity contribution in [2.24, 2.45) is 0 Å². The maximum atomic E-state index is 12.1. The number of ether oxygens (including phenoxy) is 1. The molecule has 0 saturated carbocycles. The van der Waals surface area contributed by atoms with Gasteiger partial charge in [-0.15, -0.1) is 0 Å². The molecule has 2 amide bonds. The number of benzene rings is 3. The number of imide groups is 1. The Morgan fingerprint density at radius 2 is 1.59 bits per heavy atom. The van der Waals surface area contributed by atoms with Crippen molar-refractivity contribution in [1.82, 2.24) is 5.32 Å². The standard InChI is InChI=1S/C27H21NO4/c29-25(22-4-2-1-3-5-22)15-10-19-6-8-20(9-7-19)16-17-32-23-13-11-21(12-14-23)24-18-26(30)28-27(24)31/h1-15,18H,16-17H2,(H,28,30,31). The first-order valence-electron chi connectivity index (χ1n) is 10.3. The zero-order valence-corrected chi connectivity index (χ0v) is 17.3. The zero-order valence-electron chi connectivity index (χ0n) is 17.3. The van der Waals surface area contributed by atoms with Gasteiger partial charge in [-0.05, 0) is 34.9 Å². The summed E-state index contributed by atoms with van der Waals surface area (Å²) in [6, 6.07) is 24.2. The molecule has 32 heavy (non-hydrogen) atoms. The number of amides is 2. The third-order valence-corrected chi connectivity index (χ3v) is 5.05. The van der Waals surface area contributed by atoms with Crippen LogP contribution in [-0.4, -0.2) is 24.2 Å². The number of allylic oxidation sites excluding steroid dienone is 1. The molecule has 0 aliphatic carbocycles. The minimum atomic E-state index is -0.394. The fraction of sp³-hybridized carbons (Fsp3) is 0.0741. The summed E-state index contributed by atoms with van der Waals surface area (Å²) in [4.78, 5) is 35.1. The Labute approximate surface area is 186 Å². The largest absolute Gasteiger partial charge is 0.493 e. The molecule has 0 fully saturated rings. The van der Waals surface area contributed by atoms with E-state index in [1.54, 1.807) is 42.5 Å². The van der Waals surface area contributed by atoms with E-state index in [0.29, 0.717) is 29.1 Å². The number of rotatable bonds is 8.